The molecule has 2 unspecified atom stereocenters. The van der Waals surface area contributed by atoms with Gasteiger partial charge in [-0.2, -0.15) is 0 Å². The number of carboxylic acids is 1. The van der Waals surface area contributed by atoms with E-state index < -0.39 is 12.1 Å². The fourth-order valence-electron chi connectivity index (χ4n) is 1.93. The smallest absolute Gasteiger partial charge is 0.303 e. The van der Waals surface area contributed by atoms with E-state index in [0.717, 1.165) is 17.7 Å². The topological polar surface area (TPSA) is 81.9 Å². The molecule has 1 aliphatic heterocycles. The van der Waals surface area contributed by atoms with Gasteiger partial charge in [-0.05, 0) is 17.5 Å². The minimum absolute atomic E-state index is 0.0268. The van der Waals surface area contributed by atoms with Gasteiger partial charge in [-0.1, -0.05) is 24.3 Å². The van der Waals surface area contributed by atoms with Gasteiger partial charge in [-0.3, -0.25) is 9.79 Å². The Labute approximate surface area is 105 Å². The first-order valence-corrected chi connectivity index (χ1v) is 5.91. The Morgan fingerprint density at radius 3 is 2.72 bits per heavy atom. The van der Waals surface area contributed by atoms with Crippen LogP contribution in [0.15, 0.2) is 29.3 Å². The predicted molar refractivity (Wildman–Crippen MR) is 67.5 cm³/mol. The minimum atomic E-state index is -0.891. The molecule has 2 atom stereocenters. The molecule has 5 nitrogen and oxygen atoms in total. The molecule has 5 heteroatoms. The molecule has 0 amide bonds. The summed E-state index contributed by atoms with van der Waals surface area (Å²) < 4.78 is 0. The molecule has 0 fully saturated rings. The summed E-state index contributed by atoms with van der Waals surface area (Å²) in [7, 11) is 0. The Morgan fingerprint density at radius 2 is 2.17 bits per heavy atom. The molecule has 0 aromatic heterocycles. The van der Waals surface area contributed by atoms with Crippen LogP contribution in [0.25, 0.3) is 0 Å². The first-order chi connectivity index (χ1) is 8.66. The number of aliphatic hydroxyl groups is 1. The Bertz CT molecular complexity index is 434. The highest BCUT2D eigenvalue weighted by Crippen LogP contribution is 2.22. The zero-order valence-electron chi connectivity index (χ0n) is 9.91. The largest absolute Gasteiger partial charge is 0.481 e. The number of carboxylic acid groups (broad SMARTS) is 1. The van der Waals surface area contributed by atoms with Gasteiger partial charge in [0.05, 0.1) is 25.0 Å². The first-order valence-electron chi connectivity index (χ1n) is 5.91. The fraction of sp³-hybridized carbons (Fsp3) is 0.385. The second-order valence-electron chi connectivity index (χ2n) is 4.33. The summed E-state index contributed by atoms with van der Waals surface area (Å²) in [5.41, 5.74) is 1.86. The van der Waals surface area contributed by atoms with Crippen LogP contribution in [0.3, 0.4) is 0 Å². The van der Waals surface area contributed by atoms with E-state index in [1.165, 1.54) is 0 Å². The number of aliphatic hydroxyl groups excluding tert-OH is 1. The zero-order chi connectivity index (χ0) is 13.0. The average Bonchev–Trinajstić information content (AvgIpc) is 2.90. The van der Waals surface area contributed by atoms with Crippen LogP contribution in [-0.4, -0.2) is 29.1 Å². The molecular weight excluding hydrogens is 232 g/mol. The van der Waals surface area contributed by atoms with Crippen molar-refractivity contribution < 1.29 is 15.0 Å². The van der Waals surface area contributed by atoms with Gasteiger partial charge in [0.1, 0.15) is 0 Å². The van der Waals surface area contributed by atoms with Crippen LogP contribution in [0, 0.1) is 0 Å². The van der Waals surface area contributed by atoms with Gasteiger partial charge < -0.3 is 15.5 Å². The average molecular weight is 248 g/mol. The van der Waals surface area contributed by atoms with E-state index in [-0.39, 0.29) is 18.9 Å². The van der Waals surface area contributed by atoms with Crippen LogP contribution in [0.2, 0.25) is 0 Å². The monoisotopic (exact) mass is 248 g/mol. The van der Waals surface area contributed by atoms with E-state index in [1.807, 2.05) is 24.3 Å². The summed E-state index contributed by atoms with van der Waals surface area (Å²) in [6.45, 7) is 0.723. The van der Waals surface area contributed by atoms with E-state index in [1.54, 1.807) is 6.34 Å². The summed E-state index contributed by atoms with van der Waals surface area (Å²) >= 11 is 0. The number of aliphatic imine (C=N–C) groups is 1. The van der Waals surface area contributed by atoms with Gasteiger partial charge in [0, 0.05) is 6.42 Å². The molecule has 0 radical (unpaired) electrons. The lowest BCUT2D eigenvalue weighted by atomic mass is 10.0. The number of rotatable bonds is 5. The predicted octanol–water partition coefficient (Wildman–Crippen LogP) is 1.26. The van der Waals surface area contributed by atoms with Crippen LogP contribution >= 0.6 is 0 Å². The molecule has 0 aliphatic carbocycles. The van der Waals surface area contributed by atoms with Crippen molar-refractivity contribution in [3.8, 4) is 0 Å². The molecule has 1 aliphatic rings. The Hall–Kier alpha value is -1.88. The number of hydrogen-bond acceptors (Lipinski definition) is 4. The molecular formula is C13H16N2O3. The van der Waals surface area contributed by atoms with Crippen molar-refractivity contribution in [3.63, 3.8) is 0 Å². The maximum absolute atomic E-state index is 10.4. The third-order valence-electron chi connectivity index (χ3n) is 3.01. The normalized spacial score (nSPS) is 19.5. The number of aliphatic carboxylic acids is 1. The molecule has 2 rings (SSSR count). The third kappa shape index (κ3) is 3.07. The van der Waals surface area contributed by atoms with Crippen molar-refractivity contribution in [1.82, 2.24) is 5.32 Å². The van der Waals surface area contributed by atoms with Gasteiger partial charge in [0.15, 0.2) is 0 Å². The number of carbonyl (C=O) groups is 1. The maximum Gasteiger partial charge on any atom is 0.303 e. The Morgan fingerprint density at radius 1 is 1.44 bits per heavy atom. The molecule has 1 heterocycles. The molecule has 3 N–H and O–H groups in total. The number of hydrogen-bond donors (Lipinski definition) is 3. The highest BCUT2D eigenvalue weighted by molar-refractivity contribution is 5.66. The second kappa shape index (κ2) is 5.64. The Kier molecular flexibility index (Phi) is 3.94. The number of nitrogens with zero attached hydrogens (tertiary/aromatic N) is 1. The lowest BCUT2D eigenvalue weighted by Crippen LogP contribution is -2.15. The second-order valence-corrected chi connectivity index (χ2v) is 4.33. The van der Waals surface area contributed by atoms with Crippen LogP contribution < -0.4 is 5.32 Å². The lowest BCUT2D eigenvalue weighted by Gasteiger charge is -2.13. The Balaban J connectivity index is 1.96. The van der Waals surface area contributed by atoms with Gasteiger partial charge in [-0.25, -0.2) is 0 Å². The summed E-state index contributed by atoms with van der Waals surface area (Å²) in [5, 5.41) is 21.5. The van der Waals surface area contributed by atoms with Crippen molar-refractivity contribution in [2.45, 2.75) is 25.0 Å². The maximum atomic E-state index is 10.4. The highest BCUT2D eigenvalue weighted by atomic mass is 16.4. The standard InChI is InChI=1S/C13H16N2O3/c16-12(5-6-13(17)18)10-3-1-9(2-4-10)11-7-14-8-15-11/h1-4,8,11-12,16H,5-7H2,(H,14,15)(H,17,18). The zero-order valence-corrected chi connectivity index (χ0v) is 9.91. The first kappa shape index (κ1) is 12.6. The minimum Gasteiger partial charge on any atom is -0.481 e. The summed E-state index contributed by atoms with van der Waals surface area (Å²) in [6, 6.07) is 7.75. The van der Waals surface area contributed by atoms with Crippen LogP contribution in [0.1, 0.15) is 36.1 Å². The van der Waals surface area contributed by atoms with Gasteiger partial charge in [-0.15, -0.1) is 0 Å². The van der Waals surface area contributed by atoms with Crippen molar-refractivity contribution >= 4 is 12.3 Å². The van der Waals surface area contributed by atoms with E-state index in [9.17, 15) is 9.90 Å². The SMILES string of the molecule is O=C(O)CCC(O)c1ccc(C2CN=CN2)cc1. The number of benzene rings is 1. The van der Waals surface area contributed by atoms with E-state index in [2.05, 4.69) is 10.3 Å². The summed E-state index contributed by atoms with van der Waals surface area (Å²) in [6.07, 6.45) is 1.18. The van der Waals surface area contributed by atoms with Gasteiger partial charge >= 0.3 is 5.97 Å². The summed E-state index contributed by atoms with van der Waals surface area (Å²) in [4.78, 5) is 14.5. The van der Waals surface area contributed by atoms with Crippen LogP contribution in [0.5, 0.6) is 0 Å². The van der Waals surface area contributed by atoms with Crippen molar-refractivity contribution in [2.75, 3.05) is 6.54 Å². The van der Waals surface area contributed by atoms with Crippen molar-refractivity contribution in [2.24, 2.45) is 4.99 Å². The number of nitrogens with one attached hydrogen (secondary N) is 1. The molecule has 18 heavy (non-hydrogen) atoms. The molecule has 0 saturated heterocycles. The van der Waals surface area contributed by atoms with E-state index in [4.69, 9.17) is 5.11 Å². The van der Waals surface area contributed by atoms with Crippen LogP contribution in [-0.2, 0) is 4.79 Å². The quantitative estimate of drug-likeness (QED) is 0.732. The fourth-order valence-corrected chi connectivity index (χ4v) is 1.93. The van der Waals surface area contributed by atoms with E-state index >= 15 is 0 Å². The summed E-state index contributed by atoms with van der Waals surface area (Å²) in [5.74, 6) is -0.891. The lowest BCUT2D eigenvalue weighted by molar-refractivity contribution is -0.137. The molecule has 0 spiro atoms. The van der Waals surface area contributed by atoms with Gasteiger partial charge in [0.25, 0.3) is 0 Å². The van der Waals surface area contributed by atoms with Crippen molar-refractivity contribution in [1.29, 1.82) is 0 Å². The van der Waals surface area contributed by atoms with Gasteiger partial charge in [0.2, 0.25) is 0 Å². The van der Waals surface area contributed by atoms with E-state index in [0.29, 0.717) is 0 Å². The van der Waals surface area contributed by atoms with Crippen LogP contribution in [0.4, 0.5) is 0 Å². The molecule has 96 valence electrons. The molecule has 1 aromatic rings. The molecule has 0 bridgehead atoms. The highest BCUT2D eigenvalue weighted by Gasteiger charge is 2.14. The third-order valence-corrected chi connectivity index (χ3v) is 3.01. The molecule has 0 saturated carbocycles. The molecule has 1 aromatic carbocycles. The van der Waals surface area contributed by atoms with Crippen molar-refractivity contribution in [3.05, 3.63) is 35.4 Å².